The lowest BCUT2D eigenvalue weighted by Gasteiger charge is -2.03. The number of rotatable bonds is 2. The Morgan fingerprint density at radius 2 is 2.38 bits per heavy atom. The topological polar surface area (TPSA) is 39.2 Å². The average Bonchev–Trinajstić information content (AvgIpc) is 2.09. The molecule has 13 heavy (non-hydrogen) atoms. The third-order valence-corrected chi connectivity index (χ3v) is 1.77. The van der Waals surface area contributed by atoms with Crippen molar-refractivity contribution < 1.29 is 9.53 Å². The van der Waals surface area contributed by atoms with E-state index in [-0.39, 0.29) is 5.15 Å². The van der Waals surface area contributed by atoms with Crippen molar-refractivity contribution in [3.8, 4) is 0 Å². The van der Waals surface area contributed by atoms with Crippen molar-refractivity contribution in [2.24, 2.45) is 0 Å². The molecule has 4 heteroatoms. The Kier molecular flexibility index (Phi) is 3.25. The van der Waals surface area contributed by atoms with Gasteiger partial charge in [0.2, 0.25) is 0 Å². The summed E-state index contributed by atoms with van der Waals surface area (Å²) in [4.78, 5) is 15.1. The summed E-state index contributed by atoms with van der Waals surface area (Å²) in [6.07, 6.45) is 1.60. The van der Waals surface area contributed by atoms with Gasteiger partial charge in [-0.2, -0.15) is 0 Å². The van der Waals surface area contributed by atoms with Crippen LogP contribution in [0.3, 0.4) is 0 Å². The monoisotopic (exact) mass is 199 g/mol. The molecule has 0 fully saturated rings. The Bertz CT molecular complexity index is 325. The number of halogens is 1. The first-order valence-corrected chi connectivity index (χ1v) is 4.32. The van der Waals surface area contributed by atoms with E-state index in [9.17, 15) is 4.79 Å². The van der Waals surface area contributed by atoms with Crippen molar-refractivity contribution in [1.82, 2.24) is 4.98 Å². The van der Waals surface area contributed by atoms with Crippen molar-refractivity contribution in [2.45, 2.75) is 13.8 Å². The molecule has 1 rings (SSSR count). The normalized spacial score (nSPS) is 9.77. The molecule has 70 valence electrons. The van der Waals surface area contributed by atoms with E-state index in [0.29, 0.717) is 12.2 Å². The summed E-state index contributed by atoms with van der Waals surface area (Å²) in [6.45, 7) is 3.92. The average molecular weight is 200 g/mol. The van der Waals surface area contributed by atoms with Crippen LogP contribution in [0.25, 0.3) is 0 Å². The lowest BCUT2D eigenvalue weighted by atomic mass is 10.2. The van der Waals surface area contributed by atoms with E-state index < -0.39 is 5.97 Å². The van der Waals surface area contributed by atoms with Crippen LogP contribution < -0.4 is 0 Å². The number of aromatic nitrogens is 1. The standard InChI is InChI=1S/C9H10ClNO2/c1-3-13-9(12)7-4-6(2)5-11-8(7)10/h4-5H,3H2,1-2H3. The minimum absolute atomic E-state index is 0.184. The van der Waals surface area contributed by atoms with Gasteiger partial charge >= 0.3 is 5.97 Å². The van der Waals surface area contributed by atoms with Crippen LogP contribution in [-0.4, -0.2) is 17.6 Å². The fraction of sp³-hybridized carbons (Fsp3) is 0.333. The molecule has 0 aliphatic rings. The molecule has 0 bridgehead atoms. The van der Waals surface area contributed by atoms with Gasteiger partial charge in [0.1, 0.15) is 5.15 Å². The summed E-state index contributed by atoms with van der Waals surface area (Å²) >= 11 is 5.71. The summed E-state index contributed by atoms with van der Waals surface area (Å²) in [5.41, 5.74) is 1.20. The number of pyridine rings is 1. The molecule has 0 radical (unpaired) electrons. The highest BCUT2D eigenvalue weighted by molar-refractivity contribution is 6.32. The maximum absolute atomic E-state index is 11.3. The third kappa shape index (κ3) is 2.42. The van der Waals surface area contributed by atoms with Crippen molar-refractivity contribution >= 4 is 17.6 Å². The van der Waals surface area contributed by atoms with Gasteiger partial charge in [0.15, 0.2) is 0 Å². The summed E-state index contributed by atoms with van der Waals surface area (Å²) in [7, 11) is 0. The summed E-state index contributed by atoms with van der Waals surface area (Å²) in [6, 6.07) is 1.66. The number of carbonyl (C=O) groups excluding carboxylic acids is 1. The van der Waals surface area contributed by atoms with E-state index in [4.69, 9.17) is 16.3 Å². The second-order valence-corrected chi connectivity index (χ2v) is 2.93. The fourth-order valence-electron chi connectivity index (χ4n) is 0.905. The summed E-state index contributed by atoms with van der Waals surface area (Å²) < 4.78 is 4.80. The molecule has 0 aliphatic carbocycles. The van der Waals surface area contributed by atoms with Gasteiger partial charge in [0, 0.05) is 6.20 Å². The third-order valence-electron chi connectivity index (χ3n) is 1.47. The second-order valence-electron chi connectivity index (χ2n) is 2.57. The number of carbonyl (C=O) groups is 1. The highest BCUT2D eigenvalue weighted by Gasteiger charge is 2.11. The number of hydrogen-bond acceptors (Lipinski definition) is 3. The Hall–Kier alpha value is -1.09. The number of ether oxygens (including phenoxy) is 1. The minimum Gasteiger partial charge on any atom is -0.462 e. The van der Waals surface area contributed by atoms with E-state index in [0.717, 1.165) is 5.56 Å². The first-order chi connectivity index (χ1) is 6.15. The fourth-order valence-corrected chi connectivity index (χ4v) is 1.09. The van der Waals surface area contributed by atoms with Gasteiger partial charge in [0.05, 0.1) is 12.2 Å². The van der Waals surface area contributed by atoms with Crippen LogP contribution in [0.1, 0.15) is 22.8 Å². The first kappa shape index (κ1) is 9.99. The Balaban J connectivity index is 2.99. The van der Waals surface area contributed by atoms with Crippen LogP contribution in [0, 0.1) is 6.92 Å². The van der Waals surface area contributed by atoms with Gasteiger partial charge in [-0.05, 0) is 25.5 Å². The highest BCUT2D eigenvalue weighted by atomic mass is 35.5. The number of nitrogens with zero attached hydrogens (tertiary/aromatic N) is 1. The van der Waals surface area contributed by atoms with Crippen LogP contribution in [0.2, 0.25) is 5.15 Å². The SMILES string of the molecule is CCOC(=O)c1cc(C)cnc1Cl. The Morgan fingerprint density at radius 1 is 1.69 bits per heavy atom. The summed E-state index contributed by atoms with van der Waals surface area (Å²) in [5, 5.41) is 0.184. The molecule has 0 N–H and O–H groups in total. The molecule has 1 aromatic rings. The van der Waals surface area contributed by atoms with Gasteiger partial charge < -0.3 is 4.74 Å². The van der Waals surface area contributed by atoms with E-state index in [2.05, 4.69) is 4.98 Å². The quantitative estimate of drug-likeness (QED) is 0.542. The molecule has 0 saturated heterocycles. The van der Waals surface area contributed by atoms with Crippen LogP contribution >= 0.6 is 11.6 Å². The van der Waals surface area contributed by atoms with Gasteiger partial charge in [-0.25, -0.2) is 9.78 Å². The Labute approximate surface area is 81.7 Å². The second kappa shape index (κ2) is 4.23. The highest BCUT2D eigenvalue weighted by Crippen LogP contribution is 2.14. The van der Waals surface area contributed by atoms with E-state index in [1.54, 1.807) is 19.2 Å². The van der Waals surface area contributed by atoms with Crippen molar-refractivity contribution in [3.63, 3.8) is 0 Å². The van der Waals surface area contributed by atoms with Gasteiger partial charge in [-0.3, -0.25) is 0 Å². The van der Waals surface area contributed by atoms with Crippen LogP contribution in [0.15, 0.2) is 12.3 Å². The lowest BCUT2D eigenvalue weighted by molar-refractivity contribution is 0.0526. The zero-order valence-corrected chi connectivity index (χ0v) is 8.26. The maximum Gasteiger partial charge on any atom is 0.341 e. The molecular weight excluding hydrogens is 190 g/mol. The minimum atomic E-state index is -0.427. The van der Waals surface area contributed by atoms with Crippen molar-refractivity contribution in [2.75, 3.05) is 6.61 Å². The van der Waals surface area contributed by atoms with Crippen LogP contribution in [0.4, 0.5) is 0 Å². The van der Waals surface area contributed by atoms with E-state index >= 15 is 0 Å². The summed E-state index contributed by atoms with van der Waals surface area (Å²) in [5.74, 6) is -0.427. The van der Waals surface area contributed by atoms with Gasteiger partial charge in [-0.1, -0.05) is 11.6 Å². The van der Waals surface area contributed by atoms with Crippen molar-refractivity contribution in [1.29, 1.82) is 0 Å². The van der Waals surface area contributed by atoms with Gasteiger partial charge in [-0.15, -0.1) is 0 Å². The predicted molar refractivity (Wildman–Crippen MR) is 49.9 cm³/mol. The predicted octanol–water partition coefficient (Wildman–Crippen LogP) is 2.22. The molecule has 0 aliphatic heterocycles. The molecule has 1 aromatic heterocycles. The van der Waals surface area contributed by atoms with E-state index in [1.807, 2.05) is 6.92 Å². The number of aryl methyl sites for hydroxylation is 1. The molecule has 1 heterocycles. The first-order valence-electron chi connectivity index (χ1n) is 3.94. The van der Waals surface area contributed by atoms with Crippen LogP contribution in [0.5, 0.6) is 0 Å². The number of esters is 1. The molecule has 0 spiro atoms. The molecule has 0 aromatic carbocycles. The smallest absolute Gasteiger partial charge is 0.341 e. The maximum atomic E-state index is 11.3. The van der Waals surface area contributed by atoms with Gasteiger partial charge in [0.25, 0.3) is 0 Å². The molecule has 0 saturated carbocycles. The van der Waals surface area contributed by atoms with E-state index in [1.165, 1.54) is 0 Å². The molecular formula is C9H10ClNO2. The zero-order chi connectivity index (χ0) is 9.84. The molecule has 0 unspecified atom stereocenters. The molecule has 0 amide bonds. The Morgan fingerprint density at radius 3 is 3.00 bits per heavy atom. The zero-order valence-electron chi connectivity index (χ0n) is 7.50. The largest absolute Gasteiger partial charge is 0.462 e. The van der Waals surface area contributed by atoms with Crippen LogP contribution in [-0.2, 0) is 4.74 Å². The number of hydrogen-bond donors (Lipinski definition) is 0. The molecule has 3 nitrogen and oxygen atoms in total. The van der Waals surface area contributed by atoms with Crippen molar-refractivity contribution in [3.05, 3.63) is 28.5 Å². The lowest BCUT2D eigenvalue weighted by Crippen LogP contribution is -2.06. The molecule has 0 atom stereocenters.